The number of nitrogens with zero attached hydrogens (tertiary/aromatic N) is 2. The molecular formula is C26H24BrClN2O4S. The minimum atomic E-state index is -0.755. The van der Waals surface area contributed by atoms with Gasteiger partial charge in [0, 0.05) is 15.1 Å². The summed E-state index contributed by atoms with van der Waals surface area (Å²) in [6, 6.07) is 12.1. The summed E-state index contributed by atoms with van der Waals surface area (Å²) in [6.45, 7) is 7.58. The quantitative estimate of drug-likeness (QED) is 0.388. The van der Waals surface area contributed by atoms with Gasteiger partial charge in [0.15, 0.2) is 4.80 Å². The summed E-state index contributed by atoms with van der Waals surface area (Å²) in [6.07, 6.45) is 1.76. The molecule has 2 heterocycles. The smallest absolute Gasteiger partial charge is 0.338 e. The largest absolute Gasteiger partial charge is 0.490 e. The van der Waals surface area contributed by atoms with Crippen LogP contribution in [-0.4, -0.2) is 23.2 Å². The lowest BCUT2D eigenvalue weighted by Gasteiger charge is -2.25. The van der Waals surface area contributed by atoms with Crippen LogP contribution in [0.25, 0.3) is 6.08 Å². The van der Waals surface area contributed by atoms with Crippen molar-refractivity contribution in [1.82, 2.24) is 4.57 Å². The molecule has 0 aliphatic carbocycles. The zero-order chi connectivity index (χ0) is 25.3. The van der Waals surface area contributed by atoms with E-state index in [1.807, 2.05) is 44.2 Å². The van der Waals surface area contributed by atoms with Gasteiger partial charge in [0.25, 0.3) is 5.56 Å². The molecule has 6 nitrogen and oxygen atoms in total. The average molecular weight is 576 g/mol. The second kappa shape index (κ2) is 10.5. The first-order valence-corrected chi connectivity index (χ1v) is 13.1. The predicted molar refractivity (Wildman–Crippen MR) is 142 cm³/mol. The lowest BCUT2D eigenvalue weighted by molar-refractivity contribution is -0.139. The number of aromatic nitrogens is 1. The fourth-order valence-electron chi connectivity index (χ4n) is 3.92. The molecule has 0 spiro atoms. The molecule has 1 aliphatic rings. The Kier molecular flexibility index (Phi) is 7.64. The molecule has 4 rings (SSSR count). The van der Waals surface area contributed by atoms with E-state index in [-0.39, 0.29) is 18.3 Å². The summed E-state index contributed by atoms with van der Waals surface area (Å²) in [4.78, 5) is 31.8. The van der Waals surface area contributed by atoms with E-state index in [0.29, 0.717) is 36.9 Å². The molecule has 0 amide bonds. The first-order chi connectivity index (χ1) is 16.7. The second-order valence-electron chi connectivity index (χ2n) is 8.17. The molecule has 1 aromatic heterocycles. The Bertz CT molecular complexity index is 1510. The van der Waals surface area contributed by atoms with E-state index >= 15 is 0 Å². The molecule has 0 N–H and O–H groups in total. The number of rotatable bonds is 6. The molecule has 0 unspecified atom stereocenters. The summed E-state index contributed by atoms with van der Waals surface area (Å²) >= 11 is 11.3. The maximum Gasteiger partial charge on any atom is 0.338 e. The van der Waals surface area contributed by atoms with Gasteiger partial charge in [-0.15, -0.1) is 0 Å². The molecule has 0 saturated carbocycles. The van der Waals surface area contributed by atoms with Crippen molar-refractivity contribution in [3.05, 3.63) is 94.0 Å². The normalized spacial score (nSPS) is 15.7. The van der Waals surface area contributed by atoms with Crippen LogP contribution in [0.5, 0.6) is 5.75 Å². The maximum absolute atomic E-state index is 13.8. The van der Waals surface area contributed by atoms with E-state index in [1.165, 1.54) is 15.9 Å². The summed E-state index contributed by atoms with van der Waals surface area (Å²) in [5.74, 6) is 0.146. The molecule has 1 atom stereocenters. The van der Waals surface area contributed by atoms with Crippen LogP contribution in [-0.2, 0) is 9.53 Å². The molecular weight excluding hydrogens is 552 g/mol. The molecule has 0 fully saturated rings. The summed E-state index contributed by atoms with van der Waals surface area (Å²) < 4.78 is 14.1. The zero-order valence-corrected chi connectivity index (χ0v) is 22.8. The van der Waals surface area contributed by atoms with E-state index < -0.39 is 12.0 Å². The average Bonchev–Trinajstić information content (AvgIpc) is 3.09. The van der Waals surface area contributed by atoms with E-state index in [2.05, 4.69) is 20.9 Å². The Labute approximate surface area is 220 Å². The number of carbonyl (C=O) groups is 1. The van der Waals surface area contributed by atoms with Gasteiger partial charge in [-0.25, -0.2) is 9.79 Å². The number of allylic oxidation sites excluding steroid dienone is 1. The number of benzene rings is 2. The Morgan fingerprint density at radius 1 is 1.29 bits per heavy atom. The number of halogens is 2. The van der Waals surface area contributed by atoms with Crippen LogP contribution >= 0.6 is 38.9 Å². The Balaban J connectivity index is 1.97. The molecule has 0 saturated heterocycles. The fourth-order valence-corrected chi connectivity index (χ4v) is 5.57. The number of thiazole rings is 1. The van der Waals surface area contributed by atoms with Crippen LogP contribution in [0.2, 0.25) is 5.02 Å². The summed E-state index contributed by atoms with van der Waals surface area (Å²) in [5.41, 5.74) is 1.90. The predicted octanol–water partition coefficient (Wildman–Crippen LogP) is 5.00. The van der Waals surface area contributed by atoms with Crippen LogP contribution in [0.3, 0.4) is 0 Å². The lowest BCUT2D eigenvalue weighted by Crippen LogP contribution is -2.40. The molecule has 9 heteroatoms. The minimum Gasteiger partial charge on any atom is -0.490 e. The highest BCUT2D eigenvalue weighted by Gasteiger charge is 2.34. The van der Waals surface area contributed by atoms with Gasteiger partial charge < -0.3 is 9.47 Å². The molecule has 35 heavy (non-hydrogen) atoms. The van der Waals surface area contributed by atoms with E-state index in [1.54, 1.807) is 32.1 Å². The third-order valence-corrected chi connectivity index (χ3v) is 7.16. The number of carbonyl (C=O) groups excluding carboxylic acids is 1. The van der Waals surface area contributed by atoms with Crippen molar-refractivity contribution in [1.29, 1.82) is 0 Å². The monoisotopic (exact) mass is 574 g/mol. The third-order valence-electron chi connectivity index (χ3n) is 5.34. The Morgan fingerprint density at radius 2 is 2.03 bits per heavy atom. The second-order valence-corrected chi connectivity index (χ2v) is 10.5. The topological polar surface area (TPSA) is 69.9 Å². The van der Waals surface area contributed by atoms with Crippen LogP contribution in [0.15, 0.2) is 68.0 Å². The van der Waals surface area contributed by atoms with Crippen molar-refractivity contribution >= 4 is 50.9 Å². The van der Waals surface area contributed by atoms with E-state index in [9.17, 15) is 9.59 Å². The molecule has 0 radical (unpaired) electrons. The van der Waals surface area contributed by atoms with E-state index in [4.69, 9.17) is 21.1 Å². The molecule has 3 aromatic rings. The van der Waals surface area contributed by atoms with Gasteiger partial charge in [0.2, 0.25) is 0 Å². The van der Waals surface area contributed by atoms with Crippen LogP contribution < -0.4 is 19.6 Å². The van der Waals surface area contributed by atoms with Gasteiger partial charge >= 0.3 is 5.97 Å². The molecule has 1 aliphatic heterocycles. The lowest BCUT2D eigenvalue weighted by atomic mass is 9.96. The van der Waals surface area contributed by atoms with Gasteiger partial charge in [-0.1, -0.05) is 57.1 Å². The van der Waals surface area contributed by atoms with Crippen molar-refractivity contribution in [2.45, 2.75) is 39.8 Å². The van der Waals surface area contributed by atoms with Crippen LogP contribution in [0, 0.1) is 0 Å². The summed E-state index contributed by atoms with van der Waals surface area (Å²) in [7, 11) is 0. The third kappa shape index (κ3) is 5.15. The van der Waals surface area contributed by atoms with Gasteiger partial charge in [-0.05, 0) is 63.6 Å². The highest BCUT2D eigenvalue weighted by molar-refractivity contribution is 9.10. The zero-order valence-electron chi connectivity index (χ0n) is 19.7. The van der Waals surface area contributed by atoms with Crippen molar-refractivity contribution in [2.75, 3.05) is 6.61 Å². The molecule has 0 bridgehead atoms. The molecule has 182 valence electrons. The first kappa shape index (κ1) is 25.4. The Morgan fingerprint density at radius 3 is 2.71 bits per heavy atom. The van der Waals surface area contributed by atoms with Gasteiger partial charge in [-0.2, -0.15) is 0 Å². The SMILES string of the molecule is CCOC(=O)C1=C(C)N=c2s/c(=C\c3cc(Br)ccc3OC(C)C)c(=O)n2[C@H]1c1ccccc1Cl. The minimum absolute atomic E-state index is 0.0282. The number of esters is 1. The molecule has 2 aromatic carbocycles. The highest BCUT2D eigenvalue weighted by atomic mass is 79.9. The number of hydrogen-bond donors (Lipinski definition) is 0. The van der Waals surface area contributed by atoms with Gasteiger partial charge in [-0.3, -0.25) is 9.36 Å². The number of fused-ring (bicyclic) bond motifs is 1. The van der Waals surface area contributed by atoms with Crippen molar-refractivity contribution in [2.24, 2.45) is 4.99 Å². The van der Waals surface area contributed by atoms with Crippen LogP contribution in [0.1, 0.15) is 44.9 Å². The van der Waals surface area contributed by atoms with Crippen LogP contribution in [0.4, 0.5) is 0 Å². The van der Waals surface area contributed by atoms with Gasteiger partial charge in [0.05, 0.1) is 28.5 Å². The maximum atomic E-state index is 13.8. The highest BCUT2D eigenvalue weighted by Crippen LogP contribution is 2.34. The Hall–Kier alpha value is -2.68. The number of ether oxygens (including phenoxy) is 2. The van der Waals surface area contributed by atoms with Gasteiger partial charge in [0.1, 0.15) is 11.8 Å². The van der Waals surface area contributed by atoms with Crippen molar-refractivity contribution < 1.29 is 14.3 Å². The first-order valence-electron chi connectivity index (χ1n) is 11.1. The fraction of sp³-hybridized carbons (Fsp3) is 0.269. The summed E-state index contributed by atoms with van der Waals surface area (Å²) in [5, 5.41) is 0.447. The van der Waals surface area contributed by atoms with Crippen molar-refractivity contribution in [3.63, 3.8) is 0 Å². The standard InChI is InChI=1S/C26H24BrClN2O4S/c1-5-33-25(32)22-15(4)29-26-30(23(22)18-8-6-7-9-19(18)28)24(31)21(35-26)13-16-12-17(27)10-11-20(16)34-14(2)3/h6-14,23H,5H2,1-4H3/b21-13-/t23-/m0/s1. The van der Waals surface area contributed by atoms with Crippen molar-refractivity contribution in [3.8, 4) is 5.75 Å². The van der Waals surface area contributed by atoms with E-state index in [0.717, 1.165) is 10.0 Å². The number of hydrogen-bond acceptors (Lipinski definition) is 6.